The summed E-state index contributed by atoms with van der Waals surface area (Å²) in [5, 5.41) is 8.32. The predicted octanol–water partition coefficient (Wildman–Crippen LogP) is 3.27. The number of amides is 3. The zero-order chi connectivity index (χ0) is 22.3. The Balaban J connectivity index is 1.33. The van der Waals surface area contributed by atoms with Crippen LogP contribution in [-0.4, -0.2) is 36.6 Å². The number of benzene rings is 2. The van der Waals surface area contributed by atoms with E-state index in [-0.39, 0.29) is 18.3 Å². The standard InChI is InChI=1S/C23H22FN5O3/c24-17-4-1-5-20(13-17)32-22-16(3-2-10-26-22)14-27-23(31)28-18-6-8-19(9-7-18)29-12-11-25-21(30)15-29/h1-10,13H,11-12,14-15H2,(H,25,30)(H2,27,28,31). The number of nitrogens with one attached hydrogen (secondary N) is 3. The Morgan fingerprint density at radius 1 is 1.16 bits per heavy atom. The summed E-state index contributed by atoms with van der Waals surface area (Å²) >= 11 is 0. The number of halogens is 1. The van der Waals surface area contributed by atoms with Gasteiger partial charge in [-0.1, -0.05) is 12.1 Å². The smallest absolute Gasteiger partial charge is 0.319 e. The van der Waals surface area contributed by atoms with Gasteiger partial charge in [0.25, 0.3) is 0 Å². The average Bonchev–Trinajstić information content (AvgIpc) is 2.79. The number of pyridine rings is 1. The van der Waals surface area contributed by atoms with Gasteiger partial charge in [0.05, 0.1) is 6.54 Å². The largest absolute Gasteiger partial charge is 0.439 e. The maximum atomic E-state index is 13.4. The fourth-order valence-electron chi connectivity index (χ4n) is 3.26. The van der Waals surface area contributed by atoms with Crippen LogP contribution in [0.4, 0.5) is 20.6 Å². The molecule has 8 nitrogen and oxygen atoms in total. The van der Waals surface area contributed by atoms with Crippen LogP contribution in [0.3, 0.4) is 0 Å². The SMILES string of the molecule is O=C1CN(c2ccc(NC(=O)NCc3cccnc3Oc3cccc(F)c3)cc2)CCN1. The number of carbonyl (C=O) groups excluding carboxylic acids is 2. The maximum absolute atomic E-state index is 13.4. The molecule has 2 aromatic carbocycles. The predicted molar refractivity (Wildman–Crippen MR) is 118 cm³/mol. The number of anilines is 2. The number of aromatic nitrogens is 1. The molecule has 1 aromatic heterocycles. The molecule has 0 aliphatic carbocycles. The number of ether oxygens (including phenoxy) is 1. The molecule has 4 rings (SSSR count). The Hall–Kier alpha value is -4.14. The summed E-state index contributed by atoms with van der Waals surface area (Å²) in [6.45, 7) is 1.84. The molecule has 0 radical (unpaired) electrons. The van der Waals surface area contributed by atoms with Crippen LogP contribution in [0.25, 0.3) is 0 Å². The van der Waals surface area contributed by atoms with Gasteiger partial charge in [0.2, 0.25) is 11.8 Å². The van der Waals surface area contributed by atoms with E-state index in [9.17, 15) is 14.0 Å². The molecule has 0 atom stereocenters. The van der Waals surface area contributed by atoms with Crippen LogP contribution in [-0.2, 0) is 11.3 Å². The molecular weight excluding hydrogens is 413 g/mol. The Morgan fingerprint density at radius 2 is 2.00 bits per heavy atom. The number of carbonyl (C=O) groups is 2. The maximum Gasteiger partial charge on any atom is 0.319 e. The van der Waals surface area contributed by atoms with E-state index in [1.807, 2.05) is 17.0 Å². The second kappa shape index (κ2) is 9.78. The second-order valence-electron chi connectivity index (χ2n) is 7.15. The first kappa shape index (κ1) is 21.1. The Kier molecular flexibility index (Phi) is 6.45. The van der Waals surface area contributed by atoms with Crippen LogP contribution in [0, 0.1) is 5.82 Å². The minimum atomic E-state index is -0.410. The van der Waals surface area contributed by atoms with Gasteiger partial charge in [0.15, 0.2) is 0 Å². The topological polar surface area (TPSA) is 95.6 Å². The highest BCUT2D eigenvalue weighted by Crippen LogP contribution is 2.23. The van der Waals surface area contributed by atoms with Crippen LogP contribution < -0.4 is 25.6 Å². The molecule has 0 spiro atoms. The fourth-order valence-corrected chi connectivity index (χ4v) is 3.26. The number of urea groups is 1. The molecule has 0 unspecified atom stereocenters. The van der Waals surface area contributed by atoms with Crippen molar-refractivity contribution in [2.75, 3.05) is 29.9 Å². The molecule has 3 amide bonds. The Labute approximate surface area is 184 Å². The van der Waals surface area contributed by atoms with E-state index < -0.39 is 11.8 Å². The average molecular weight is 435 g/mol. The van der Waals surface area contributed by atoms with Crippen molar-refractivity contribution in [2.24, 2.45) is 0 Å². The summed E-state index contributed by atoms with van der Waals surface area (Å²) in [7, 11) is 0. The zero-order valence-electron chi connectivity index (χ0n) is 17.2. The number of hydrogen-bond acceptors (Lipinski definition) is 5. The highest BCUT2D eigenvalue weighted by Gasteiger charge is 2.16. The molecule has 32 heavy (non-hydrogen) atoms. The lowest BCUT2D eigenvalue weighted by Gasteiger charge is -2.28. The van der Waals surface area contributed by atoms with Crippen molar-refractivity contribution in [3.05, 3.63) is 78.2 Å². The third kappa shape index (κ3) is 5.51. The number of rotatable bonds is 6. The van der Waals surface area contributed by atoms with Gasteiger partial charge in [0.1, 0.15) is 11.6 Å². The van der Waals surface area contributed by atoms with Crippen molar-refractivity contribution < 1.29 is 18.7 Å². The molecule has 3 N–H and O–H groups in total. The molecule has 0 saturated carbocycles. The third-order valence-electron chi connectivity index (χ3n) is 4.83. The first-order valence-electron chi connectivity index (χ1n) is 10.1. The van der Waals surface area contributed by atoms with Gasteiger partial charge in [-0.05, 0) is 42.5 Å². The summed E-state index contributed by atoms with van der Waals surface area (Å²) in [6.07, 6.45) is 1.56. The fraction of sp³-hybridized carbons (Fsp3) is 0.174. The number of hydrogen-bond donors (Lipinski definition) is 3. The molecule has 2 heterocycles. The summed E-state index contributed by atoms with van der Waals surface area (Å²) < 4.78 is 19.1. The van der Waals surface area contributed by atoms with Crippen LogP contribution in [0.15, 0.2) is 66.9 Å². The minimum Gasteiger partial charge on any atom is -0.439 e. The zero-order valence-corrected chi connectivity index (χ0v) is 17.2. The van der Waals surface area contributed by atoms with Crippen LogP contribution in [0.5, 0.6) is 11.6 Å². The van der Waals surface area contributed by atoms with E-state index in [4.69, 9.17) is 4.74 Å². The van der Waals surface area contributed by atoms with E-state index >= 15 is 0 Å². The monoisotopic (exact) mass is 435 g/mol. The van der Waals surface area contributed by atoms with Crippen molar-refractivity contribution in [3.8, 4) is 11.6 Å². The molecule has 164 valence electrons. The second-order valence-corrected chi connectivity index (χ2v) is 7.15. The highest BCUT2D eigenvalue weighted by molar-refractivity contribution is 5.89. The molecule has 3 aromatic rings. The first-order valence-corrected chi connectivity index (χ1v) is 10.1. The lowest BCUT2D eigenvalue weighted by atomic mass is 10.2. The molecule has 0 bridgehead atoms. The Bertz CT molecular complexity index is 1110. The number of nitrogens with zero attached hydrogens (tertiary/aromatic N) is 2. The van der Waals surface area contributed by atoms with E-state index in [1.54, 1.807) is 42.6 Å². The van der Waals surface area contributed by atoms with Crippen LogP contribution >= 0.6 is 0 Å². The van der Waals surface area contributed by atoms with Crippen molar-refractivity contribution in [2.45, 2.75) is 6.54 Å². The van der Waals surface area contributed by atoms with Crippen molar-refractivity contribution >= 4 is 23.3 Å². The molecule has 9 heteroatoms. The third-order valence-corrected chi connectivity index (χ3v) is 4.83. The van der Waals surface area contributed by atoms with E-state index in [2.05, 4.69) is 20.9 Å². The molecule has 1 fully saturated rings. The van der Waals surface area contributed by atoms with Gasteiger partial charge in [-0.2, -0.15) is 0 Å². The normalized spacial score (nSPS) is 13.3. The lowest BCUT2D eigenvalue weighted by Crippen LogP contribution is -2.47. The molecule has 1 saturated heterocycles. The number of piperazine rings is 1. The lowest BCUT2D eigenvalue weighted by molar-refractivity contribution is -0.120. The first-order chi connectivity index (χ1) is 15.6. The van der Waals surface area contributed by atoms with Gasteiger partial charge in [-0.15, -0.1) is 0 Å². The van der Waals surface area contributed by atoms with Gasteiger partial charge in [-0.3, -0.25) is 4.79 Å². The highest BCUT2D eigenvalue weighted by atomic mass is 19.1. The molecular formula is C23H22FN5O3. The summed E-state index contributed by atoms with van der Waals surface area (Å²) in [5.41, 5.74) is 2.18. The van der Waals surface area contributed by atoms with Crippen molar-refractivity contribution in [1.82, 2.24) is 15.6 Å². The van der Waals surface area contributed by atoms with Gasteiger partial charge < -0.3 is 25.6 Å². The molecule has 1 aliphatic heterocycles. The summed E-state index contributed by atoms with van der Waals surface area (Å²) in [4.78, 5) is 30.0. The van der Waals surface area contributed by atoms with E-state index in [0.29, 0.717) is 30.1 Å². The summed E-state index contributed by atoms with van der Waals surface area (Å²) in [5.74, 6) is 0.190. The van der Waals surface area contributed by atoms with E-state index in [1.165, 1.54) is 12.1 Å². The van der Waals surface area contributed by atoms with Crippen LogP contribution in [0.2, 0.25) is 0 Å². The van der Waals surface area contributed by atoms with Crippen molar-refractivity contribution in [1.29, 1.82) is 0 Å². The van der Waals surface area contributed by atoms with Gasteiger partial charge in [0, 0.05) is 48.8 Å². The summed E-state index contributed by atoms with van der Waals surface area (Å²) in [6, 6.07) is 16.2. The molecule has 1 aliphatic rings. The Morgan fingerprint density at radius 3 is 2.78 bits per heavy atom. The quantitative estimate of drug-likeness (QED) is 0.552. The van der Waals surface area contributed by atoms with Gasteiger partial charge >= 0.3 is 6.03 Å². The van der Waals surface area contributed by atoms with Crippen LogP contribution in [0.1, 0.15) is 5.56 Å². The van der Waals surface area contributed by atoms with Crippen molar-refractivity contribution in [3.63, 3.8) is 0 Å². The minimum absolute atomic E-state index is 0.00558. The van der Waals surface area contributed by atoms with Gasteiger partial charge in [-0.25, -0.2) is 14.2 Å². The van der Waals surface area contributed by atoms with E-state index in [0.717, 1.165) is 12.2 Å².